The van der Waals surface area contributed by atoms with Gasteiger partial charge in [-0.25, -0.2) is 0 Å². The van der Waals surface area contributed by atoms with Gasteiger partial charge < -0.3 is 5.32 Å². The lowest BCUT2D eigenvalue weighted by Gasteiger charge is -2.01. The Kier molecular flexibility index (Phi) is 2.81. The van der Waals surface area contributed by atoms with Gasteiger partial charge in [0.05, 0.1) is 0 Å². The van der Waals surface area contributed by atoms with Crippen molar-refractivity contribution < 1.29 is 4.79 Å². The second kappa shape index (κ2) is 3.88. The lowest BCUT2D eigenvalue weighted by Crippen LogP contribution is -2.07. The molecule has 1 aromatic carbocycles. The molecule has 0 amide bonds. The number of hydrogen-bond donors (Lipinski definition) is 1. The molecule has 2 heteroatoms. The molecule has 11 heavy (non-hydrogen) atoms. The van der Waals surface area contributed by atoms with Crippen LogP contribution >= 0.6 is 0 Å². The van der Waals surface area contributed by atoms with E-state index in [0.29, 0.717) is 0 Å². The molecule has 0 aliphatic carbocycles. The molecular weight excluding hydrogens is 138 g/mol. The topological polar surface area (TPSA) is 29.1 Å². The number of benzene rings is 1. The molecule has 0 radical (unpaired) electrons. The first kappa shape index (κ1) is 7.95. The highest BCUT2D eigenvalue weighted by Crippen LogP contribution is 2.04. The Bertz CT molecular complexity index is 245. The Hall–Kier alpha value is -1.15. The quantitative estimate of drug-likeness (QED) is 0.655. The predicted octanol–water partition coefficient (Wildman–Crippen LogP) is 1.22. The Morgan fingerprint density at radius 2 is 2.18 bits per heavy atom. The number of carbonyl (C=O) groups is 1. The van der Waals surface area contributed by atoms with Crippen LogP contribution in [0.3, 0.4) is 0 Å². The summed E-state index contributed by atoms with van der Waals surface area (Å²) in [7, 11) is 1.86. The molecule has 2 nitrogen and oxygen atoms in total. The zero-order valence-corrected chi connectivity index (χ0v) is 6.50. The maximum absolute atomic E-state index is 10.5. The van der Waals surface area contributed by atoms with E-state index in [-0.39, 0.29) is 0 Å². The van der Waals surface area contributed by atoms with E-state index in [2.05, 4.69) is 5.32 Å². The van der Waals surface area contributed by atoms with Gasteiger partial charge in [0.15, 0.2) is 0 Å². The molecule has 0 aromatic heterocycles. The number of hydrogen-bond acceptors (Lipinski definition) is 2. The van der Waals surface area contributed by atoms with E-state index in [4.69, 9.17) is 0 Å². The lowest BCUT2D eigenvalue weighted by molar-refractivity contribution is 0.112. The van der Waals surface area contributed by atoms with E-state index in [1.54, 1.807) is 0 Å². The van der Waals surface area contributed by atoms with E-state index in [0.717, 1.165) is 24.0 Å². The summed E-state index contributed by atoms with van der Waals surface area (Å²) in [5.74, 6) is 0. The van der Waals surface area contributed by atoms with E-state index < -0.39 is 0 Å². The van der Waals surface area contributed by atoms with Crippen molar-refractivity contribution in [3.8, 4) is 0 Å². The normalized spacial score (nSPS) is 9.55. The van der Waals surface area contributed by atoms with Gasteiger partial charge in [-0.15, -0.1) is 0 Å². The fraction of sp³-hybridized carbons (Fsp3) is 0.222. The van der Waals surface area contributed by atoms with Gasteiger partial charge in [0, 0.05) is 12.1 Å². The van der Waals surface area contributed by atoms with Crippen LogP contribution in [0.15, 0.2) is 24.3 Å². The molecule has 0 saturated carbocycles. The predicted molar refractivity (Wildman–Crippen MR) is 44.6 cm³/mol. The highest BCUT2D eigenvalue weighted by Gasteiger charge is 1.96. The van der Waals surface area contributed by atoms with Crippen molar-refractivity contribution in [2.75, 3.05) is 7.05 Å². The van der Waals surface area contributed by atoms with Gasteiger partial charge in [-0.3, -0.25) is 4.79 Å². The van der Waals surface area contributed by atoms with Gasteiger partial charge in [-0.1, -0.05) is 24.3 Å². The first-order valence-electron chi connectivity index (χ1n) is 3.56. The number of rotatable bonds is 3. The van der Waals surface area contributed by atoms with Crippen LogP contribution in [0.5, 0.6) is 0 Å². The zero-order valence-electron chi connectivity index (χ0n) is 6.50. The Balaban J connectivity index is 2.92. The van der Waals surface area contributed by atoms with Crippen molar-refractivity contribution in [1.82, 2.24) is 5.32 Å². The monoisotopic (exact) mass is 149 g/mol. The van der Waals surface area contributed by atoms with Gasteiger partial charge in [0.1, 0.15) is 6.29 Å². The molecule has 0 spiro atoms. The second-order valence-electron chi connectivity index (χ2n) is 2.35. The van der Waals surface area contributed by atoms with Crippen LogP contribution in [0.2, 0.25) is 0 Å². The van der Waals surface area contributed by atoms with Gasteiger partial charge in [-0.2, -0.15) is 0 Å². The summed E-state index contributed by atoms with van der Waals surface area (Å²) in [6, 6.07) is 7.56. The lowest BCUT2D eigenvalue weighted by atomic mass is 10.1. The van der Waals surface area contributed by atoms with Gasteiger partial charge in [0.25, 0.3) is 0 Å². The van der Waals surface area contributed by atoms with E-state index in [9.17, 15) is 4.79 Å². The SMILES string of the molecule is CNCc1ccccc1C=O. The average Bonchev–Trinajstić information content (AvgIpc) is 2.06. The highest BCUT2D eigenvalue weighted by molar-refractivity contribution is 5.77. The third-order valence-electron chi connectivity index (χ3n) is 1.55. The van der Waals surface area contributed by atoms with E-state index >= 15 is 0 Å². The molecule has 58 valence electrons. The molecule has 0 aliphatic rings. The first-order valence-corrected chi connectivity index (χ1v) is 3.56. The highest BCUT2D eigenvalue weighted by atomic mass is 16.1. The molecule has 0 bridgehead atoms. The summed E-state index contributed by atoms with van der Waals surface area (Å²) >= 11 is 0. The third kappa shape index (κ3) is 1.88. The zero-order chi connectivity index (χ0) is 8.10. The average molecular weight is 149 g/mol. The molecule has 0 aliphatic heterocycles. The molecular formula is C9H11NO. The van der Waals surface area contributed by atoms with Crippen molar-refractivity contribution in [1.29, 1.82) is 0 Å². The fourth-order valence-electron chi connectivity index (χ4n) is 1.00. The molecule has 1 aromatic rings. The first-order chi connectivity index (χ1) is 5.38. The van der Waals surface area contributed by atoms with Crippen molar-refractivity contribution in [3.05, 3.63) is 35.4 Å². The van der Waals surface area contributed by atoms with Crippen LogP contribution in [0.1, 0.15) is 15.9 Å². The summed E-state index contributed by atoms with van der Waals surface area (Å²) in [6.45, 7) is 0.745. The summed E-state index contributed by atoms with van der Waals surface area (Å²) in [5.41, 5.74) is 1.81. The standard InChI is InChI=1S/C9H11NO/c1-10-6-8-4-2-3-5-9(8)7-11/h2-5,7,10H,6H2,1H3. The van der Waals surface area contributed by atoms with Crippen LogP contribution in [-0.2, 0) is 6.54 Å². The van der Waals surface area contributed by atoms with Crippen molar-refractivity contribution in [3.63, 3.8) is 0 Å². The molecule has 0 unspecified atom stereocenters. The molecule has 1 N–H and O–H groups in total. The fourth-order valence-corrected chi connectivity index (χ4v) is 1.00. The summed E-state index contributed by atoms with van der Waals surface area (Å²) in [5, 5.41) is 3.00. The molecule has 0 atom stereocenters. The van der Waals surface area contributed by atoms with E-state index in [1.165, 1.54) is 0 Å². The molecule has 0 heterocycles. The number of aldehydes is 1. The number of carbonyl (C=O) groups excluding carboxylic acids is 1. The largest absolute Gasteiger partial charge is 0.316 e. The van der Waals surface area contributed by atoms with Crippen LogP contribution in [-0.4, -0.2) is 13.3 Å². The Labute approximate surface area is 66.2 Å². The van der Waals surface area contributed by atoms with Crippen molar-refractivity contribution >= 4 is 6.29 Å². The minimum absolute atomic E-state index is 0.745. The Morgan fingerprint density at radius 1 is 1.45 bits per heavy atom. The molecule has 0 saturated heterocycles. The minimum atomic E-state index is 0.745. The Morgan fingerprint density at radius 3 is 2.82 bits per heavy atom. The maximum Gasteiger partial charge on any atom is 0.150 e. The van der Waals surface area contributed by atoms with Crippen molar-refractivity contribution in [2.45, 2.75) is 6.54 Å². The smallest absolute Gasteiger partial charge is 0.150 e. The minimum Gasteiger partial charge on any atom is -0.316 e. The van der Waals surface area contributed by atoms with Gasteiger partial charge >= 0.3 is 0 Å². The van der Waals surface area contributed by atoms with Gasteiger partial charge in [0.2, 0.25) is 0 Å². The number of nitrogens with one attached hydrogen (secondary N) is 1. The molecule has 0 fully saturated rings. The van der Waals surface area contributed by atoms with E-state index in [1.807, 2.05) is 31.3 Å². The summed E-state index contributed by atoms with van der Waals surface area (Å²) < 4.78 is 0. The maximum atomic E-state index is 10.5. The molecule has 1 rings (SSSR count). The third-order valence-corrected chi connectivity index (χ3v) is 1.55. The second-order valence-corrected chi connectivity index (χ2v) is 2.35. The van der Waals surface area contributed by atoms with Gasteiger partial charge in [-0.05, 0) is 12.6 Å². The van der Waals surface area contributed by atoms with Crippen LogP contribution < -0.4 is 5.32 Å². The van der Waals surface area contributed by atoms with Crippen LogP contribution in [0, 0.1) is 0 Å². The van der Waals surface area contributed by atoms with Crippen LogP contribution in [0.25, 0.3) is 0 Å². The van der Waals surface area contributed by atoms with Crippen LogP contribution in [0.4, 0.5) is 0 Å². The van der Waals surface area contributed by atoms with Crippen molar-refractivity contribution in [2.24, 2.45) is 0 Å². The summed E-state index contributed by atoms with van der Waals surface area (Å²) in [4.78, 5) is 10.5. The summed E-state index contributed by atoms with van der Waals surface area (Å²) in [6.07, 6.45) is 0.882.